The number of hydrogen-bond donors (Lipinski definition) is 0. The first-order valence-electron chi connectivity index (χ1n) is 7.29. The average molecular weight is 454 g/mol. The van der Waals surface area contributed by atoms with Gasteiger partial charge in [0.2, 0.25) is 5.76 Å². The topological polar surface area (TPSA) is 48.7 Å². The molecule has 0 unspecified atom stereocenters. The second-order valence-electron chi connectivity index (χ2n) is 5.13. The van der Waals surface area contributed by atoms with Crippen molar-refractivity contribution >= 4 is 48.8 Å². The van der Waals surface area contributed by atoms with Gasteiger partial charge in [0.05, 0.1) is 0 Å². The number of hydrogen-bond acceptors (Lipinski definition) is 4. The number of esters is 1. The van der Waals surface area contributed by atoms with Gasteiger partial charge in [-0.25, -0.2) is 4.79 Å². The molecule has 0 radical (unpaired) electrons. The molecule has 0 atom stereocenters. The van der Waals surface area contributed by atoms with E-state index in [0.29, 0.717) is 5.58 Å². The Hall–Kier alpha value is -1.79. The van der Waals surface area contributed by atoms with Crippen molar-refractivity contribution in [3.05, 3.63) is 62.7 Å². The Morgan fingerprint density at radius 3 is 2.50 bits per heavy atom. The molecule has 0 N–H and O–H groups in total. The fourth-order valence-corrected chi connectivity index (χ4v) is 2.90. The highest BCUT2D eigenvalue weighted by Crippen LogP contribution is 2.28. The van der Waals surface area contributed by atoms with Crippen LogP contribution in [-0.2, 0) is 4.74 Å². The summed E-state index contributed by atoms with van der Waals surface area (Å²) < 4.78 is 18.3. The zero-order valence-corrected chi connectivity index (χ0v) is 16.0. The molecule has 0 aliphatic heterocycles. The fourth-order valence-electron chi connectivity index (χ4n) is 2.28. The first-order chi connectivity index (χ1) is 11.5. The van der Waals surface area contributed by atoms with Crippen molar-refractivity contribution in [3.63, 3.8) is 0 Å². The second-order valence-corrected chi connectivity index (χ2v) is 6.97. The van der Waals surface area contributed by atoms with Crippen LogP contribution < -0.4 is 4.74 Å². The van der Waals surface area contributed by atoms with E-state index in [-0.39, 0.29) is 19.0 Å². The highest BCUT2D eigenvalue weighted by atomic mass is 79.9. The van der Waals surface area contributed by atoms with Gasteiger partial charge >= 0.3 is 5.97 Å². The lowest BCUT2D eigenvalue weighted by Gasteiger charge is -2.06. The van der Waals surface area contributed by atoms with Crippen LogP contribution in [0.3, 0.4) is 0 Å². The summed E-state index contributed by atoms with van der Waals surface area (Å²) in [4.78, 5) is 12.2. The van der Waals surface area contributed by atoms with Crippen molar-refractivity contribution in [2.75, 3.05) is 13.2 Å². The Morgan fingerprint density at radius 2 is 1.75 bits per heavy atom. The monoisotopic (exact) mass is 452 g/mol. The van der Waals surface area contributed by atoms with Gasteiger partial charge in [-0.15, -0.1) is 0 Å². The Balaban J connectivity index is 1.59. The first-order valence-corrected chi connectivity index (χ1v) is 8.87. The van der Waals surface area contributed by atoms with E-state index in [1.165, 1.54) is 0 Å². The largest absolute Gasteiger partial charge is 0.490 e. The van der Waals surface area contributed by atoms with Gasteiger partial charge in [-0.2, -0.15) is 0 Å². The summed E-state index contributed by atoms with van der Waals surface area (Å²) in [5, 5.41) is 0.891. The summed E-state index contributed by atoms with van der Waals surface area (Å²) in [6, 6.07) is 13.1. The van der Waals surface area contributed by atoms with Crippen LogP contribution >= 0.6 is 31.9 Å². The second kappa shape index (κ2) is 7.40. The molecule has 24 heavy (non-hydrogen) atoms. The Bertz CT molecular complexity index is 869. The lowest BCUT2D eigenvalue weighted by atomic mass is 10.1. The quantitative estimate of drug-likeness (QED) is 0.378. The molecule has 0 amide bonds. The first kappa shape index (κ1) is 17.0. The molecule has 0 spiro atoms. The predicted molar refractivity (Wildman–Crippen MR) is 98.6 cm³/mol. The van der Waals surface area contributed by atoms with E-state index in [4.69, 9.17) is 13.9 Å². The maximum absolute atomic E-state index is 12.2. The minimum absolute atomic E-state index is 0.148. The van der Waals surface area contributed by atoms with Crippen LogP contribution in [0.25, 0.3) is 11.0 Å². The van der Waals surface area contributed by atoms with Crippen LogP contribution in [0.15, 0.2) is 55.8 Å². The molecule has 2 aromatic carbocycles. The molecular weight excluding hydrogens is 440 g/mol. The van der Waals surface area contributed by atoms with E-state index in [1.54, 1.807) is 0 Å². The molecule has 0 saturated carbocycles. The van der Waals surface area contributed by atoms with Gasteiger partial charge in [-0.05, 0) is 49.4 Å². The third-order valence-electron chi connectivity index (χ3n) is 3.48. The van der Waals surface area contributed by atoms with E-state index in [0.717, 1.165) is 25.6 Å². The number of ether oxygens (including phenoxy) is 2. The maximum Gasteiger partial charge on any atom is 0.374 e. The Morgan fingerprint density at radius 1 is 1.04 bits per heavy atom. The average Bonchev–Trinajstić information content (AvgIpc) is 2.90. The zero-order chi connectivity index (χ0) is 17.1. The molecule has 0 aliphatic carbocycles. The minimum atomic E-state index is -0.487. The van der Waals surface area contributed by atoms with Crippen LogP contribution in [0.4, 0.5) is 0 Å². The van der Waals surface area contributed by atoms with E-state index < -0.39 is 5.97 Å². The molecule has 1 aromatic heterocycles. The zero-order valence-electron chi connectivity index (χ0n) is 12.8. The van der Waals surface area contributed by atoms with Gasteiger partial charge in [0.15, 0.2) is 0 Å². The number of benzene rings is 2. The standard InChI is InChI=1S/C18H14Br2O4/c1-11-15-10-13(20)4-7-16(15)24-17(11)18(21)23-9-8-22-14-5-2-12(19)3-6-14/h2-7,10H,8-9H2,1H3. The van der Waals surface area contributed by atoms with Gasteiger partial charge in [0.25, 0.3) is 0 Å². The molecule has 3 aromatic rings. The summed E-state index contributed by atoms with van der Waals surface area (Å²) in [5.74, 6) is 0.463. The van der Waals surface area contributed by atoms with Crippen molar-refractivity contribution in [2.45, 2.75) is 6.92 Å². The Labute approximate surface area is 156 Å². The van der Waals surface area contributed by atoms with Crippen molar-refractivity contribution in [2.24, 2.45) is 0 Å². The van der Waals surface area contributed by atoms with Gasteiger partial charge in [-0.3, -0.25) is 0 Å². The number of aryl methyl sites for hydroxylation is 1. The van der Waals surface area contributed by atoms with Gasteiger partial charge in [0, 0.05) is 19.9 Å². The van der Waals surface area contributed by atoms with Crippen LogP contribution in [0, 0.1) is 6.92 Å². The molecule has 4 nitrogen and oxygen atoms in total. The van der Waals surface area contributed by atoms with Crippen LogP contribution in [0.2, 0.25) is 0 Å². The minimum Gasteiger partial charge on any atom is -0.490 e. The molecular formula is C18H14Br2O4. The number of fused-ring (bicyclic) bond motifs is 1. The third kappa shape index (κ3) is 3.82. The fraction of sp³-hybridized carbons (Fsp3) is 0.167. The summed E-state index contributed by atoms with van der Waals surface area (Å²) in [5.41, 5.74) is 1.43. The molecule has 0 saturated heterocycles. The number of rotatable bonds is 5. The summed E-state index contributed by atoms with van der Waals surface area (Å²) in [6.45, 7) is 2.26. The lowest BCUT2D eigenvalue weighted by Crippen LogP contribution is -2.12. The molecule has 0 aliphatic rings. The lowest BCUT2D eigenvalue weighted by molar-refractivity contribution is 0.0416. The SMILES string of the molecule is Cc1c(C(=O)OCCOc2ccc(Br)cc2)oc2ccc(Br)cc12. The normalized spacial score (nSPS) is 10.8. The van der Waals surface area contributed by atoms with Crippen molar-refractivity contribution in [1.29, 1.82) is 0 Å². The van der Waals surface area contributed by atoms with Crippen molar-refractivity contribution in [3.8, 4) is 5.75 Å². The summed E-state index contributed by atoms with van der Waals surface area (Å²) in [7, 11) is 0. The van der Waals surface area contributed by atoms with E-state index >= 15 is 0 Å². The number of carbonyl (C=O) groups is 1. The number of furan rings is 1. The molecule has 0 bridgehead atoms. The summed E-state index contributed by atoms with van der Waals surface area (Å²) >= 11 is 6.77. The highest BCUT2D eigenvalue weighted by molar-refractivity contribution is 9.10. The molecule has 1 heterocycles. The smallest absolute Gasteiger partial charge is 0.374 e. The molecule has 0 fully saturated rings. The van der Waals surface area contributed by atoms with Gasteiger partial charge < -0.3 is 13.9 Å². The maximum atomic E-state index is 12.2. The van der Waals surface area contributed by atoms with Gasteiger partial charge in [-0.1, -0.05) is 31.9 Å². The third-order valence-corrected chi connectivity index (χ3v) is 4.50. The van der Waals surface area contributed by atoms with Crippen molar-refractivity contribution in [1.82, 2.24) is 0 Å². The molecule has 3 rings (SSSR count). The number of carbonyl (C=O) groups excluding carboxylic acids is 1. The van der Waals surface area contributed by atoms with E-state index in [9.17, 15) is 4.79 Å². The predicted octanol–water partition coefficient (Wildman–Crippen LogP) is 5.50. The van der Waals surface area contributed by atoms with E-state index in [1.807, 2.05) is 49.4 Å². The molecule has 6 heteroatoms. The van der Waals surface area contributed by atoms with E-state index in [2.05, 4.69) is 31.9 Å². The highest BCUT2D eigenvalue weighted by Gasteiger charge is 2.19. The number of halogens is 2. The molecule has 124 valence electrons. The van der Waals surface area contributed by atoms with Crippen LogP contribution in [-0.4, -0.2) is 19.2 Å². The Kier molecular flexibility index (Phi) is 5.26. The van der Waals surface area contributed by atoms with Gasteiger partial charge in [0.1, 0.15) is 24.5 Å². The van der Waals surface area contributed by atoms with Crippen LogP contribution in [0.5, 0.6) is 5.75 Å². The summed E-state index contributed by atoms with van der Waals surface area (Å²) in [6.07, 6.45) is 0. The van der Waals surface area contributed by atoms with Crippen molar-refractivity contribution < 1.29 is 18.7 Å². The van der Waals surface area contributed by atoms with Crippen LogP contribution in [0.1, 0.15) is 16.1 Å².